The van der Waals surface area contributed by atoms with Gasteiger partial charge in [0.1, 0.15) is 6.61 Å². The number of methoxy groups -OCH3 is 1. The van der Waals surface area contributed by atoms with E-state index < -0.39 is 4.92 Å². The Kier molecular flexibility index (Phi) is 4.09. The zero-order valence-electron chi connectivity index (χ0n) is 8.99. The van der Waals surface area contributed by atoms with Crippen LogP contribution in [0.25, 0.3) is 0 Å². The van der Waals surface area contributed by atoms with Gasteiger partial charge in [-0.25, -0.2) is 0 Å². The van der Waals surface area contributed by atoms with Gasteiger partial charge in [-0.15, -0.1) is 0 Å². The van der Waals surface area contributed by atoms with Crippen molar-refractivity contribution in [2.75, 3.05) is 13.7 Å². The average molecular weight is 241 g/mol. The van der Waals surface area contributed by atoms with E-state index in [1.807, 2.05) is 0 Å². The van der Waals surface area contributed by atoms with Gasteiger partial charge in [0.2, 0.25) is 0 Å². The third-order valence-corrected chi connectivity index (χ3v) is 1.86. The smallest absolute Gasteiger partial charge is 0.273 e. The molecular formula is C9H11N3O5. The van der Waals surface area contributed by atoms with Gasteiger partial charge in [0, 0.05) is 6.07 Å². The van der Waals surface area contributed by atoms with E-state index in [0.717, 1.165) is 0 Å². The molecule has 0 aromatic heterocycles. The number of non-ortho nitro benzene ring substituents is 1. The molecule has 0 atom stereocenters. The normalized spacial score (nSPS) is 11.0. The fourth-order valence-electron chi connectivity index (χ4n) is 1.07. The number of oxime groups is 1. The maximum atomic E-state index is 10.6. The third kappa shape index (κ3) is 3.23. The molecule has 8 heteroatoms. The van der Waals surface area contributed by atoms with E-state index >= 15 is 0 Å². The number of rotatable bonds is 5. The van der Waals surface area contributed by atoms with Crippen molar-refractivity contribution in [1.82, 2.24) is 0 Å². The number of ether oxygens (including phenoxy) is 2. The molecule has 1 rings (SSSR count). The summed E-state index contributed by atoms with van der Waals surface area (Å²) in [5.41, 5.74) is 5.07. The number of nitrogens with zero attached hydrogens (tertiary/aromatic N) is 2. The maximum Gasteiger partial charge on any atom is 0.273 e. The van der Waals surface area contributed by atoms with Crippen molar-refractivity contribution in [2.45, 2.75) is 0 Å². The topological polar surface area (TPSA) is 120 Å². The largest absolute Gasteiger partial charge is 0.493 e. The summed E-state index contributed by atoms with van der Waals surface area (Å²) in [5, 5.41) is 21.6. The predicted molar refractivity (Wildman–Crippen MR) is 58.6 cm³/mol. The molecule has 3 N–H and O–H groups in total. The first-order valence-electron chi connectivity index (χ1n) is 4.50. The molecule has 0 amide bonds. The van der Waals surface area contributed by atoms with Crippen molar-refractivity contribution in [1.29, 1.82) is 0 Å². The molecule has 8 nitrogen and oxygen atoms in total. The van der Waals surface area contributed by atoms with E-state index in [1.165, 1.54) is 25.3 Å². The summed E-state index contributed by atoms with van der Waals surface area (Å²) in [4.78, 5) is 10.0. The molecule has 0 bridgehead atoms. The van der Waals surface area contributed by atoms with Gasteiger partial charge in [-0.1, -0.05) is 5.16 Å². The first-order chi connectivity index (χ1) is 8.08. The average Bonchev–Trinajstić information content (AvgIpc) is 2.35. The molecular weight excluding hydrogens is 230 g/mol. The third-order valence-electron chi connectivity index (χ3n) is 1.86. The van der Waals surface area contributed by atoms with Crippen LogP contribution in [-0.2, 0) is 0 Å². The van der Waals surface area contributed by atoms with Crippen molar-refractivity contribution >= 4 is 11.5 Å². The molecule has 0 saturated heterocycles. The van der Waals surface area contributed by atoms with Gasteiger partial charge in [-0.2, -0.15) is 0 Å². The van der Waals surface area contributed by atoms with Crippen LogP contribution in [0.1, 0.15) is 0 Å². The number of nitrogens with two attached hydrogens (primary N) is 1. The monoisotopic (exact) mass is 241 g/mol. The molecule has 0 aliphatic carbocycles. The quantitative estimate of drug-likeness (QED) is 0.258. The number of nitro benzene ring substituents is 1. The van der Waals surface area contributed by atoms with E-state index in [2.05, 4.69) is 5.16 Å². The molecule has 0 spiro atoms. The summed E-state index contributed by atoms with van der Waals surface area (Å²) < 4.78 is 10.1. The predicted octanol–water partition coefficient (Wildman–Crippen LogP) is 0.729. The summed E-state index contributed by atoms with van der Waals surface area (Å²) >= 11 is 0. The van der Waals surface area contributed by atoms with Crippen LogP contribution < -0.4 is 15.2 Å². The lowest BCUT2D eigenvalue weighted by Gasteiger charge is -2.09. The van der Waals surface area contributed by atoms with E-state index in [4.69, 9.17) is 20.4 Å². The molecule has 0 radical (unpaired) electrons. The fraction of sp³-hybridized carbons (Fsp3) is 0.222. The van der Waals surface area contributed by atoms with Crippen LogP contribution in [0.4, 0.5) is 5.69 Å². The molecule has 92 valence electrons. The van der Waals surface area contributed by atoms with Crippen LogP contribution in [0.2, 0.25) is 0 Å². The molecule has 0 aliphatic rings. The van der Waals surface area contributed by atoms with Gasteiger partial charge in [0.15, 0.2) is 17.3 Å². The Morgan fingerprint density at radius 1 is 1.59 bits per heavy atom. The lowest BCUT2D eigenvalue weighted by Crippen LogP contribution is -2.21. The van der Waals surface area contributed by atoms with E-state index in [9.17, 15) is 10.1 Å². The van der Waals surface area contributed by atoms with Crippen LogP contribution in [0.15, 0.2) is 23.4 Å². The van der Waals surface area contributed by atoms with Crippen LogP contribution >= 0.6 is 0 Å². The number of amidine groups is 1. The number of hydrogen-bond donors (Lipinski definition) is 2. The Balaban J connectivity index is 2.94. The number of hydrogen-bond acceptors (Lipinski definition) is 6. The first-order valence-corrected chi connectivity index (χ1v) is 4.50. The van der Waals surface area contributed by atoms with Gasteiger partial charge in [-0.3, -0.25) is 10.1 Å². The maximum absolute atomic E-state index is 10.6. The lowest BCUT2D eigenvalue weighted by atomic mass is 10.3. The van der Waals surface area contributed by atoms with Crippen molar-refractivity contribution in [3.05, 3.63) is 28.3 Å². The summed E-state index contributed by atoms with van der Waals surface area (Å²) in [6.07, 6.45) is 0. The Hall–Kier alpha value is -2.51. The Bertz CT molecular complexity index is 446. The highest BCUT2D eigenvalue weighted by Crippen LogP contribution is 2.30. The van der Waals surface area contributed by atoms with Gasteiger partial charge < -0.3 is 20.4 Å². The van der Waals surface area contributed by atoms with Crippen LogP contribution in [0.3, 0.4) is 0 Å². The van der Waals surface area contributed by atoms with Gasteiger partial charge in [0.25, 0.3) is 5.69 Å². The molecule has 0 aliphatic heterocycles. The summed E-state index contributed by atoms with van der Waals surface area (Å²) in [6.45, 7) is -0.200. The molecule has 0 fully saturated rings. The standard InChI is InChI=1S/C9H11N3O5/c1-16-7-3-2-6(12(14)15)4-8(7)17-5-9(10)11-13/h2-4,13H,5H2,1H3,(H2,10,11). The van der Waals surface area contributed by atoms with Crippen molar-refractivity contribution < 1.29 is 19.6 Å². The molecule has 0 unspecified atom stereocenters. The summed E-state index contributed by atoms with van der Waals surface area (Å²) in [5.74, 6) is 0.313. The highest BCUT2D eigenvalue weighted by atomic mass is 16.6. The molecule has 0 heterocycles. The summed E-state index contributed by atoms with van der Waals surface area (Å²) in [6, 6.07) is 3.89. The first kappa shape index (κ1) is 12.6. The van der Waals surface area contributed by atoms with E-state index in [1.54, 1.807) is 0 Å². The summed E-state index contributed by atoms with van der Waals surface area (Å²) in [7, 11) is 1.40. The lowest BCUT2D eigenvalue weighted by molar-refractivity contribution is -0.385. The van der Waals surface area contributed by atoms with Gasteiger partial charge in [-0.05, 0) is 6.07 Å². The van der Waals surface area contributed by atoms with Crippen LogP contribution in [-0.4, -0.2) is 29.7 Å². The Morgan fingerprint density at radius 2 is 2.29 bits per heavy atom. The van der Waals surface area contributed by atoms with Crippen molar-refractivity contribution in [3.8, 4) is 11.5 Å². The number of nitro groups is 1. The van der Waals surface area contributed by atoms with Gasteiger partial charge in [0.05, 0.1) is 18.1 Å². The molecule has 0 saturated carbocycles. The second-order valence-electron chi connectivity index (χ2n) is 2.97. The molecule has 1 aromatic carbocycles. The number of benzene rings is 1. The van der Waals surface area contributed by atoms with Crippen LogP contribution in [0.5, 0.6) is 11.5 Å². The minimum absolute atomic E-state index is 0.139. The second-order valence-corrected chi connectivity index (χ2v) is 2.97. The highest BCUT2D eigenvalue weighted by Gasteiger charge is 2.12. The molecule has 1 aromatic rings. The highest BCUT2D eigenvalue weighted by molar-refractivity contribution is 5.81. The van der Waals surface area contributed by atoms with Crippen molar-refractivity contribution in [2.24, 2.45) is 10.9 Å². The minimum Gasteiger partial charge on any atom is -0.493 e. The Labute approximate surface area is 96.4 Å². The van der Waals surface area contributed by atoms with E-state index in [0.29, 0.717) is 5.75 Å². The molecule has 17 heavy (non-hydrogen) atoms. The second kappa shape index (κ2) is 5.54. The van der Waals surface area contributed by atoms with E-state index in [-0.39, 0.29) is 23.9 Å². The zero-order chi connectivity index (χ0) is 12.8. The Morgan fingerprint density at radius 3 is 2.82 bits per heavy atom. The minimum atomic E-state index is -0.560. The SMILES string of the molecule is COc1ccc([N+](=O)[O-])cc1OC/C(N)=N/O. The van der Waals surface area contributed by atoms with Crippen LogP contribution in [0, 0.1) is 10.1 Å². The van der Waals surface area contributed by atoms with Crippen molar-refractivity contribution in [3.63, 3.8) is 0 Å². The fourth-order valence-corrected chi connectivity index (χ4v) is 1.07. The van der Waals surface area contributed by atoms with Gasteiger partial charge >= 0.3 is 0 Å². The zero-order valence-corrected chi connectivity index (χ0v) is 8.99.